The molecule has 0 fully saturated rings. The topological polar surface area (TPSA) is 147 Å². The molecule has 1 N–H and O–H groups in total. The van der Waals surface area contributed by atoms with Crippen LogP contribution in [0, 0.1) is 50.7 Å². The molecule has 1 rings (SSSR count). The summed E-state index contributed by atoms with van der Waals surface area (Å²) in [7, 11) is 3.42. The van der Waals surface area contributed by atoms with Crippen molar-refractivity contribution >= 4 is 18.0 Å². The number of amidine groups is 1. The number of nitrogens with one attached hydrogen (secondary N) is 1. The zero-order chi connectivity index (χ0) is 16.7. The fourth-order valence-electron chi connectivity index (χ4n) is 1.48. The second kappa shape index (κ2) is 6.98. The van der Waals surface area contributed by atoms with Crippen LogP contribution in [0.2, 0.25) is 0 Å². The van der Waals surface area contributed by atoms with E-state index < -0.39 is 0 Å². The van der Waals surface area contributed by atoms with Crippen LogP contribution in [0.15, 0.2) is 38.0 Å². The first-order valence-corrected chi connectivity index (χ1v) is 5.73. The first-order valence-electron chi connectivity index (χ1n) is 5.73. The molecular formula is C14H8N8. The van der Waals surface area contributed by atoms with Gasteiger partial charge in [-0.3, -0.25) is 5.41 Å². The molecule has 0 unspecified atom stereocenters. The Hall–Kier alpha value is -3.97. The van der Waals surface area contributed by atoms with Crippen molar-refractivity contribution in [1.29, 1.82) is 26.5 Å². The third-order valence-electron chi connectivity index (χ3n) is 2.40. The maximum Gasteiger partial charge on any atom is 0.173 e. The summed E-state index contributed by atoms with van der Waals surface area (Å²) >= 11 is 0. The Bertz CT molecular complexity index is 846. The largest absolute Gasteiger partial charge is 0.369 e. The van der Waals surface area contributed by atoms with Crippen molar-refractivity contribution in [2.45, 2.75) is 0 Å². The van der Waals surface area contributed by atoms with E-state index >= 15 is 0 Å². The van der Waals surface area contributed by atoms with Crippen LogP contribution in [0.3, 0.4) is 0 Å². The Morgan fingerprint density at radius 3 is 2.18 bits per heavy atom. The number of rotatable bonds is 2. The van der Waals surface area contributed by atoms with E-state index in [1.165, 1.54) is 6.34 Å². The minimum Gasteiger partial charge on any atom is -0.369 e. The van der Waals surface area contributed by atoms with Crippen molar-refractivity contribution in [3.63, 3.8) is 0 Å². The van der Waals surface area contributed by atoms with Gasteiger partial charge in [-0.15, -0.1) is 0 Å². The van der Waals surface area contributed by atoms with Crippen molar-refractivity contribution in [1.82, 2.24) is 4.90 Å². The standard InChI is InChI=1S/C14H8N8/c1-22(2)8-20-14-12(7-19)11(6-18)13(21-14)10(5-17)9(3-15)4-16/h8,15H,1-2H3/b13-10-,20-8?. The maximum atomic E-state index is 9.21. The molecule has 1 aliphatic rings. The molecule has 0 aromatic carbocycles. The second-order valence-electron chi connectivity index (χ2n) is 4.06. The SMILES string of the molecule is CN(C)C=NC1=N/C(=C(/C#N)C(=C=N)C#N)C(C#N)=C1C#N. The zero-order valence-electron chi connectivity index (χ0n) is 11.7. The lowest BCUT2D eigenvalue weighted by atomic mass is 10.0. The second-order valence-corrected chi connectivity index (χ2v) is 4.06. The third-order valence-corrected chi connectivity index (χ3v) is 2.40. The van der Waals surface area contributed by atoms with Crippen LogP contribution in [0.25, 0.3) is 0 Å². The Morgan fingerprint density at radius 1 is 1.14 bits per heavy atom. The van der Waals surface area contributed by atoms with Gasteiger partial charge in [0.2, 0.25) is 0 Å². The highest BCUT2D eigenvalue weighted by atomic mass is 15.1. The summed E-state index contributed by atoms with van der Waals surface area (Å²) in [5, 5.41) is 43.5. The summed E-state index contributed by atoms with van der Waals surface area (Å²) in [4.78, 5) is 9.56. The average molecular weight is 288 g/mol. The van der Waals surface area contributed by atoms with E-state index in [-0.39, 0.29) is 33.8 Å². The Kier molecular flexibility index (Phi) is 5.11. The third kappa shape index (κ3) is 2.95. The number of nitrogens with zero attached hydrogens (tertiary/aromatic N) is 7. The molecule has 8 heteroatoms. The minimum atomic E-state index is -0.371. The van der Waals surface area contributed by atoms with E-state index in [1.54, 1.807) is 37.2 Å². The van der Waals surface area contributed by atoms with Crippen LogP contribution < -0.4 is 0 Å². The fourth-order valence-corrected chi connectivity index (χ4v) is 1.48. The summed E-state index contributed by atoms with van der Waals surface area (Å²) in [5.74, 6) is 1.79. The molecule has 0 atom stereocenters. The van der Waals surface area contributed by atoms with E-state index in [0.29, 0.717) is 0 Å². The molecule has 0 saturated carbocycles. The van der Waals surface area contributed by atoms with Gasteiger partial charge in [0, 0.05) is 14.1 Å². The van der Waals surface area contributed by atoms with Gasteiger partial charge in [-0.2, -0.15) is 21.0 Å². The van der Waals surface area contributed by atoms with Crippen LogP contribution in [-0.4, -0.2) is 37.0 Å². The van der Waals surface area contributed by atoms with Crippen LogP contribution in [0.1, 0.15) is 0 Å². The number of aliphatic imine (C=N–C) groups is 2. The molecule has 0 radical (unpaired) electrons. The Morgan fingerprint density at radius 2 is 1.77 bits per heavy atom. The molecule has 0 saturated heterocycles. The molecule has 1 heterocycles. The molecule has 0 aliphatic carbocycles. The first-order chi connectivity index (χ1) is 10.5. The van der Waals surface area contributed by atoms with Gasteiger partial charge >= 0.3 is 0 Å². The number of allylic oxidation sites excluding steroid dienone is 3. The molecular weight excluding hydrogens is 280 g/mol. The highest BCUT2D eigenvalue weighted by Crippen LogP contribution is 2.29. The Labute approximate surface area is 126 Å². The van der Waals surface area contributed by atoms with E-state index in [0.717, 1.165) is 0 Å². The molecule has 8 nitrogen and oxygen atoms in total. The van der Waals surface area contributed by atoms with Crippen LogP contribution in [-0.2, 0) is 0 Å². The van der Waals surface area contributed by atoms with Crippen molar-refractivity contribution in [2.75, 3.05) is 14.1 Å². The molecule has 104 valence electrons. The van der Waals surface area contributed by atoms with Gasteiger partial charge in [-0.05, 0) is 5.87 Å². The van der Waals surface area contributed by atoms with Crippen molar-refractivity contribution < 1.29 is 0 Å². The van der Waals surface area contributed by atoms with Crippen molar-refractivity contribution in [2.24, 2.45) is 9.98 Å². The lowest BCUT2D eigenvalue weighted by Crippen LogP contribution is -2.09. The molecule has 0 aromatic heterocycles. The molecule has 0 amide bonds. The fraction of sp³-hybridized carbons (Fsp3) is 0.143. The maximum absolute atomic E-state index is 9.21. The van der Waals surface area contributed by atoms with E-state index in [4.69, 9.17) is 15.9 Å². The predicted octanol–water partition coefficient (Wildman–Crippen LogP) is 0.808. The highest BCUT2D eigenvalue weighted by molar-refractivity contribution is 6.10. The number of hydrogen-bond donors (Lipinski definition) is 1. The summed E-state index contributed by atoms with van der Waals surface area (Å²) in [5.41, 5.74) is -1.07. The summed E-state index contributed by atoms with van der Waals surface area (Å²) in [6.07, 6.45) is 1.39. The lowest BCUT2D eigenvalue weighted by molar-refractivity contribution is 0.644. The van der Waals surface area contributed by atoms with E-state index in [1.807, 2.05) is 11.9 Å². The zero-order valence-corrected chi connectivity index (χ0v) is 11.7. The van der Waals surface area contributed by atoms with E-state index in [9.17, 15) is 10.5 Å². The minimum absolute atomic E-state index is 0.0298. The smallest absolute Gasteiger partial charge is 0.173 e. The van der Waals surface area contributed by atoms with E-state index in [2.05, 4.69) is 9.98 Å². The summed E-state index contributed by atoms with van der Waals surface area (Å²) in [6, 6.07) is 6.94. The quantitative estimate of drug-likeness (QED) is 0.453. The van der Waals surface area contributed by atoms with Gasteiger partial charge in [0.15, 0.2) is 5.84 Å². The van der Waals surface area contributed by atoms with Gasteiger partial charge in [0.05, 0.1) is 6.34 Å². The van der Waals surface area contributed by atoms with Gasteiger partial charge < -0.3 is 4.90 Å². The molecule has 22 heavy (non-hydrogen) atoms. The molecule has 1 aliphatic heterocycles. The van der Waals surface area contributed by atoms with Crippen LogP contribution in [0.4, 0.5) is 0 Å². The lowest BCUT2D eigenvalue weighted by Gasteiger charge is -2.01. The van der Waals surface area contributed by atoms with Crippen LogP contribution >= 0.6 is 0 Å². The monoisotopic (exact) mass is 288 g/mol. The van der Waals surface area contributed by atoms with Crippen LogP contribution in [0.5, 0.6) is 0 Å². The van der Waals surface area contributed by atoms with Gasteiger partial charge in [-0.25, -0.2) is 9.98 Å². The predicted molar refractivity (Wildman–Crippen MR) is 77.4 cm³/mol. The number of nitriles is 4. The van der Waals surface area contributed by atoms with Gasteiger partial charge in [0.25, 0.3) is 0 Å². The molecule has 0 bridgehead atoms. The highest BCUT2D eigenvalue weighted by Gasteiger charge is 2.28. The van der Waals surface area contributed by atoms with Crippen molar-refractivity contribution in [3.8, 4) is 24.3 Å². The Balaban J connectivity index is 3.71. The van der Waals surface area contributed by atoms with Gasteiger partial charge in [0.1, 0.15) is 52.3 Å². The van der Waals surface area contributed by atoms with Gasteiger partial charge in [-0.1, -0.05) is 0 Å². The average Bonchev–Trinajstić information content (AvgIpc) is 2.87. The first kappa shape index (κ1) is 16.1. The summed E-state index contributed by atoms with van der Waals surface area (Å²) < 4.78 is 0. The van der Waals surface area contributed by atoms with Crippen molar-refractivity contribution in [3.05, 3.63) is 28.0 Å². The normalized spacial score (nSPS) is 15.1. The molecule has 0 aromatic rings. The summed E-state index contributed by atoms with van der Waals surface area (Å²) in [6.45, 7) is 0. The number of hydrogen-bond acceptors (Lipinski definition) is 7. The molecule has 0 spiro atoms.